The summed E-state index contributed by atoms with van der Waals surface area (Å²) in [6, 6.07) is 4.35. The minimum absolute atomic E-state index is 0.521. The lowest BCUT2D eigenvalue weighted by Crippen LogP contribution is -2.37. The van der Waals surface area contributed by atoms with Crippen LogP contribution in [0.2, 0.25) is 0 Å². The Labute approximate surface area is 96.7 Å². The van der Waals surface area contributed by atoms with Crippen LogP contribution < -0.4 is 10.6 Å². The fraction of sp³-hybridized carbons (Fsp3) is 0.615. The third-order valence-electron chi connectivity index (χ3n) is 4.10. The maximum Gasteiger partial charge on any atom is 0.125 e. The van der Waals surface area contributed by atoms with Crippen molar-refractivity contribution in [1.82, 2.24) is 10.3 Å². The van der Waals surface area contributed by atoms with Crippen LogP contribution in [0.1, 0.15) is 24.1 Å². The average molecular weight is 217 g/mol. The quantitative estimate of drug-likeness (QED) is 0.750. The highest BCUT2D eigenvalue weighted by molar-refractivity contribution is 5.41. The van der Waals surface area contributed by atoms with E-state index in [1.54, 1.807) is 0 Å². The lowest BCUT2D eigenvalue weighted by Gasteiger charge is -2.33. The second-order valence-corrected chi connectivity index (χ2v) is 5.16. The summed E-state index contributed by atoms with van der Waals surface area (Å²) in [5, 5.41) is 6.58. The molecule has 2 heterocycles. The van der Waals surface area contributed by atoms with E-state index in [0.29, 0.717) is 5.41 Å². The molecule has 0 aromatic carbocycles. The molecule has 0 atom stereocenters. The van der Waals surface area contributed by atoms with Crippen molar-refractivity contribution in [2.24, 2.45) is 5.41 Å². The molecule has 1 spiro atoms. The molecular formula is C13H19N3. The largest absolute Gasteiger partial charge is 0.373 e. The van der Waals surface area contributed by atoms with Crippen LogP contribution in [-0.2, 0) is 12.8 Å². The van der Waals surface area contributed by atoms with Gasteiger partial charge in [-0.2, -0.15) is 0 Å². The molecule has 1 saturated heterocycles. The first-order chi connectivity index (χ1) is 7.81. The highest BCUT2D eigenvalue weighted by Gasteiger charge is 2.38. The summed E-state index contributed by atoms with van der Waals surface area (Å²) in [4.78, 5) is 4.69. The Hall–Kier alpha value is -1.09. The van der Waals surface area contributed by atoms with Gasteiger partial charge in [0.2, 0.25) is 0 Å². The van der Waals surface area contributed by atoms with Gasteiger partial charge >= 0.3 is 0 Å². The number of anilines is 1. The number of nitrogens with zero attached hydrogens (tertiary/aromatic N) is 1. The molecule has 1 fully saturated rings. The molecule has 0 radical (unpaired) electrons. The van der Waals surface area contributed by atoms with E-state index in [-0.39, 0.29) is 0 Å². The second kappa shape index (κ2) is 3.74. The molecule has 0 unspecified atom stereocenters. The zero-order valence-corrected chi connectivity index (χ0v) is 9.84. The molecule has 16 heavy (non-hydrogen) atoms. The van der Waals surface area contributed by atoms with Gasteiger partial charge in [0.15, 0.2) is 0 Å². The van der Waals surface area contributed by atoms with Crippen molar-refractivity contribution >= 4 is 5.82 Å². The van der Waals surface area contributed by atoms with Gasteiger partial charge in [-0.3, -0.25) is 0 Å². The van der Waals surface area contributed by atoms with E-state index in [1.165, 1.54) is 50.0 Å². The van der Waals surface area contributed by atoms with Crippen molar-refractivity contribution in [3.8, 4) is 0 Å². The molecule has 86 valence electrons. The summed E-state index contributed by atoms with van der Waals surface area (Å²) < 4.78 is 0. The SMILES string of the molecule is CNc1ccc2c(n1)CC1(CCNCC1)C2. The van der Waals surface area contributed by atoms with Gasteiger partial charge in [0.1, 0.15) is 5.82 Å². The van der Waals surface area contributed by atoms with Gasteiger partial charge in [0, 0.05) is 12.7 Å². The Morgan fingerprint density at radius 1 is 1.25 bits per heavy atom. The van der Waals surface area contributed by atoms with Crippen LogP contribution in [0.25, 0.3) is 0 Å². The smallest absolute Gasteiger partial charge is 0.125 e. The molecule has 3 rings (SSSR count). The predicted molar refractivity (Wildman–Crippen MR) is 65.7 cm³/mol. The van der Waals surface area contributed by atoms with Crippen molar-refractivity contribution in [3.05, 3.63) is 23.4 Å². The van der Waals surface area contributed by atoms with Gasteiger partial charge in [-0.15, -0.1) is 0 Å². The van der Waals surface area contributed by atoms with Crippen LogP contribution in [-0.4, -0.2) is 25.1 Å². The van der Waals surface area contributed by atoms with Crippen LogP contribution in [0, 0.1) is 5.41 Å². The first-order valence-corrected chi connectivity index (χ1v) is 6.19. The van der Waals surface area contributed by atoms with Gasteiger partial charge in [-0.25, -0.2) is 4.98 Å². The van der Waals surface area contributed by atoms with Crippen molar-refractivity contribution in [2.75, 3.05) is 25.5 Å². The van der Waals surface area contributed by atoms with Gasteiger partial charge in [0.25, 0.3) is 0 Å². The standard InChI is InChI=1S/C13H19N3/c1-14-12-3-2-10-8-13(9-11(10)16-12)4-6-15-7-5-13/h2-3,15H,4-9H2,1H3,(H,14,16). The van der Waals surface area contributed by atoms with E-state index in [4.69, 9.17) is 0 Å². The zero-order chi connectivity index (χ0) is 11.0. The average Bonchev–Trinajstić information content (AvgIpc) is 2.66. The maximum absolute atomic E-state index is 4.69. The molecule has 3 nitrogen and oxygen atoms in total. The summed E-state index contributed by atoms with van der Waals surface area (Å²) in [5.74, 6) is 1.00. The fourth-order valence-corrected chi connectivity index (χ4v) is 3.12. The van der Waals surface area contributed by atoms with Crippen molar-refractivity contribution < 1.29 is 0 Å². The molecule has 2 aliphatic rings. The number of rotatable bonds is 1. The van der Waals surface area contributed by atoms with E-state index >= 15 is 0 Å². The van der Waals surface area contributed by atoms with Gasteiger partial charge in [-0.1, -0.05) is 6.07 Å². The minimum atomic E-state index is 0.521. The van der Waals surface area contributed by atoms with Gasteiger partial charge in [-0.05, 0) is 55.8 Å². The van der Waals surface area contributed by atoms with E-state index in [1.807, 2.05) is 7.05 Å². The molecular weight excluding hydrogens is 198 g/mol. The summed E-state index contributed by atoms with van der Waals surface area (Å²) >= 11 is 0. The highest BCUT2D eigenvalue weighted by Crippen LogP contribution is 2.42. The number of fused-ring (bicyclic) bond motifs is 1. The third-order valence-corrected chi connectivity index (χ3v) is 4.10. The van der Waals surface area contributed by atoms with Crippen LogP contribution >= 0.6 is 0 Å². The summed E-state index contributed by atoms with van der Waals surface area (Å²) in [7, 11) is 1.93. The molecule has 0 amide bonds. The Kier molecular flexibility index (Phi) is 2.36. The first kappa shape index (κ1) is 10.1. The number of aromatic nitrogens is 1. The van der Waals surface area contributed by atoms with E-state index in [9.17, 15) is 0 Å². The van der Waals surface area contributed by atoms with Gasteiger partial charge < -0.3 is 10.6 Å². The van der Waals surface area contributed by atoms with Crippen LogP contribution in [0.4, 0.5) is 5.82 Å². The molecule has 1 aliphatic heterocycles. The number of piperidine rings is 1. The number of hydrogen-bond donors (Lipinski definition) is 2. The molecule has 3 heteroatoms. The Bertz CT molecular complexity index is 394. The number of hydrogen-bond acceptors (Lipinski definition) is 3. The molecule has 1 aliphatic carbocycles. The van der Waals surface area contributed by atoms with Crippen molar-refractivity contribution in [2.45, 2.75) is 25.7 Å². The van der Waals surface area contributed by atoms with Crippen LogP contribution in [0.5, 0.6) is 0 Å². The fourth-order valence-electron chi connectivity index (χ4n) is 3.12. The summed E-state index contributed by atoms with van der Waals surface area (Å²) in [6.07, 6.45) is 5.02. The topological polar surface area (TPSA) is 37.0 Å². The monoisotopic (exact) mass is 217 g/mol. The maximum atomic E-state index is 4.69. The van der Waals surface area contributed by atoms with Crippen molar-refractivity contribution in [1.29, 1.82) is 0 Å². The molecule has 1 aromatic rings. The number of pyridine rings is 1. The number of nitrogens with one attached hydrogen (secondary N) is 2. The Morgan fingerprint density at radius 3 is 2.81 bits per heavy atom. The van der Waals surface area contributed by atoms with Crippen molar-refractivity contribution in [3.63, 3.8) is 0 Å². The van der Waals surface area contributed by atoms with Gasteiger partial charge in [0.05, 0.1) is 0 Å². The highest BCUT2D eigenvalue weighted by atomic mass is 15.0. The van der Waals surface area contributed by atoms with E-state index < -0.39 is 0 Å². The summed E-state index contributed by atoms with van der Waals surface area (Å²) in [6.45, 7) is 2.35. The molecule has 0 saturated carbocycles. The molecule has 0 bridgehead atoms. The minimum Gasteiger partial charge on any atom is -0.373 e. The lowest BCUT2D eigenvalue weighted by atomic mass is 9.77. The normalized spacial score (nSPS) is 22.1. The van der Waals surface area contributed by atoms with E-state index in [2.05, 4.69) is 27.8 Å². The van der Waals surface area contributed by atoms with Crippen LogP contribution in [0.15, 0.2) is 12.1 Å². The Morgan fingerprint density at radius 2 is 2.06 bits per heavy atom. The summed E-state index contributed by atoms with van der Waals surface area (Å²) in [5.41, 5.74) is 3.32. The Balaban J connectivity index is 1.87. The first-order valence-electron chi connectivity index (χ1n) is 6.19. The predicted octanol–water partition coefficient (Wildman–Crippen LogP) is 1.59. The zero-order valence-electron chi connectivity index (χ0n) is 9.84. The molecule has 2 N–H and O–H groups in total. The lowest BCUT2D eigenvalue weighted by molar-refractivity contribution is 0.215. The third kappa shape index (κ3) is 1.59. The van der Waals surface area contributed by atoms with E-state index in [0.717, 1.165) is 5.82 Å². The molecule has 1 aromatic heterocycles. The van der Waals surface area contributed by atoms with Crippen LogP contribution in [0.3, 0.4) is 0 Å². The second-order valence-electron chi connectivity index (χ2n) is 5.16.